The molecule has 1 amide bonds. The first-order valence-electron chi connectivity index (χ1n) is 4.09. The van der Waals surface area contributed by atoms with Crippen LogP contribution in [0.4, 0.5) is 0 Å². The van der Waals surface area contributed by atoms with Gasteiger partial charge >= 0.3 is 0 Å². The topological polar surface area (TPSA) is 29.5 Å². The minimum absolute atomic E-state index is 0.00157. The number of rotatable bonds is 1. The molecule has 2 heterocycles. The Balaban J connectivity index is 2.16. The maximum atomic E-state index is 11.3. The fourth-order valence-electron chi connectivity index (χ4n) is 1.56. The summed E-state index contributed by atoms with van der Waals surface area (Å²) in [7, 11) is 0. The van der Waals surface area contributed by atoms with Gasteiger partial charge in [-0.2, -0.15) is 0 Å². The standard InChI is InChI=1S/C9H11NO2/c1-2-8-6-7-4-3-5-9(11)10(7)12-8/h2-4,7-8H,1,5-6H2/t7-,8+/m0/s1. The van der Waals surface area contributed by atoms with Crippen molar-refractivity contribution in [3.05, 3.63) is 24.8 Å². The number of carbonyl (C=O) groups excluding carboxylic acids is 1. The Labute approximate surface area is 71.3 Å². The van der Waals surface area contributed by atoms with Gasteiger partial charge in [-0.1, -0.05) is 18.2 Å². The van der Waals surface area contributed by atoms with Gasteiger partial charge in [0.15, 0.2) is 0 Å². The second-order valence-corrected chi connectivity index (χ2v) is 3.03. The molecule has 0 unspecified atom stereocenters. The van der Waals surface area contributed by atoms with Gasteiger partial charge in [-0.15, -0.1) is 6.58 Å². The van der Waals surface area contributed by atoms with Crippen LogP contribution in [0.3, 0.4) is 0 Å². The summed E-state index contributed by atoms with van der Waals surface area (Å²) in [6, 6.07) is 0.134. The molecule has 0 aromatic rings. The highest BCUT2D eigenvalue weighted by molar-refractivity contribution is 5.78. The van der Waals surface area contributed by atoms with Gasteiger partial charge in [0.25, 0.3) is 5.91 Å². The Bertz CT molecular complexity index is 247. The molecule has 0 spiro atoms. The first-order chi connectivity index (χ1) is 5.81. The molecule has 0 N–H and O–H groups in total. The highest BCUT2D eigenvalue weighted by Crippen LogP contribution is 2.26. The Hall–Kier alpha value is -1.09. The molecule has 0 saturated carbocycles. The minimum Gasteiger partial charge on any atom is -0.272 e. The Kier molecular flexibility index (Phi) is 1.73. The first kappa shape index (κ1) is 7.55. The molecule has 2 aliphatic rings. The predicted octanol–water partition coefficient (Wildman–Crippen LogP) is 1.03. The monoisotopic (exact) mass is 165 g/mol. The van der Waals surface area contributed by atoms with Crippen LogP contribution < -0.4 is 0 Å². The first-order valence-corrected chi connectivity index (χ1v) is 4.09. The molecule has 0 aromatic heterocycles. The van der Waals surface area contributed by atoms with Gasteiger partial charge in [0, 0.05) is 12.8 Å². The van der Waals surface area contributed by atoms with E-state index >= 15 is 0 Å². The summed E-state index contributed by atoms with van der Waals surface area (Å²) in [6.45, 7) is 3.64. The van der Waals surface area contributed by atoms with Crippen molar-refractivity contribution >= 4 is 5.91 Å². The molecule has 2 atom stereocenters. The molecule has 12 heavy (non-hydrogen) atoms. The van der Waals surface area contributed by atoms with E-state index in [2.05, 4.69) is 6.58 Å². The van der Waals surface area contributed by atoms with Gasteiger partial charge in [-0.25, -0.2) is 5.06 Å². The highest BCUT2D eigenvalue weighted by Gasteiger charge is 2.35. The Morgan fingerprint density at radius 1 is 1.75 bits per heavy atom. The van der Waals surface area contributed by atoms with E-state index in [1.54, 1.807) is 6.08 Å². The van der Waals surface area contributed by atoms with Crippen molar-refractivity contribution in [2.24, 2.45) is 0 Å². The minimum atomic E-state index is 0.00157. The van der Waals surface area contributed by atoms with Crippen LogP contribution in [0.25, 0.3) is 0 Å². The average molecular weight is 165 g/mol. The van der Waals surface area contributed by atoms with Crippen LogP contribution in [0.15, 0.2) is 24.8 Å². The van der Waals surface area contributed by atoms with Crippen LogP contribution in [-0.4, -0.2) is 23.1 Å². The highest BCUT2D eigenvalue weighted by atomic mass is 16.7. The van der Waals surface area contributed by atoms with Crippen LogP contribution in [0, 0.1) is 0 Å². The summed E-state index contributed by atoms with van der Waals surface area (Å²) in [4.78, 5) is 16.6. The van der Waals surface area contributed by atoms with Crippen molar-refractivity contribution in [2.75, 3.05) is 0 Å². The summed E-state index contributed by atoms with van der Waals surface area (Å²) in [5.41, 5.74) is 0. The van der Waals surface area contributed by atoms with Gasteiger partial charge in [0.05, 0.1) is 6.04 Å². The Morgan fingerprint density at radius 2 is 2.58 bits per heavy atom. The molecule has 0 aromatic carbocycles. The summed E-state index contributed by atoms with van der Waals surface area (Å²) >= 11 is 0. The third-order valence-corrected chi connectivity index (χ3v) is 2.18. The van der Waals surface area contributed by atoms with Crippen LogP contribution in [0.2, 0.25) is 0 Å². The maximum absolute atomic E-state index is 11.3. The smallest absolute Gasteiger partial charge is 0.250 e. The van der Waals surface area contributed by atoms with Crippen LogP contribution in [0.1, 0.15) is 12.8 Å². The molecule has 3 nitrogen and oxygen atoms in total. The third-order valence-electron chi connectivity index (χ3n) is 2.18. The van der Waals surface area contributed by atoms with Crippen LogP contribution in [-0.2, 0) is 9.63 Å². The van der Waals surface area contributed by atoms with Gasteiger partial charge in [-0.05, 0) is 0 Å². The molecular formula is C9H11NO2. The van der Waals surface area contributed by atoms with E-state index in [0.29, 0.717) is 6.42 Å². The zero-order valence-electron chi connectivity index (χ0n) is 6.77. The lowest BCUT2D eigenvalue weighted by Gasteiger charge is -2.22. The van der Waals surface area contributed by atoms with E-state index in [4.69, 9.17) is 4.84 Å². The number of fused-ring (bicyclic) bond motifs is 1. The van der Waals surface area contributed by atoms with Crippen molar-refractivity contribution in [2.45, 2.75) is 25.0 Å². The van der Waals surface area contributed by atoms with Crippen molar-refractivity contribution in [1.82, 2.24) is 5.06 Å². The van der Waals surface area contributed by atoms with Crippen molar-refractivity contribution in [1.29, 1.82) is 0 Å². The van der Waals surface area contributed by atoms with Gasteiger partial charge < -0.3 is 0 Å². The van der Waals surface area contributed by atoms with Gasteiger partial charge in [-0.3, -0.25) is 9.63 Å². The molecule has 2 rings (SSSR count). The summed E-state index contributed by atoms with van der Waals surface area (Å²) in [5.74, 6) is 0.0480. The third kappa shape index (κ3) is 1.06. The second kappa shape index (κ2) is 2.75. The van der Waals surface area contributed by atoms with Crippen LogP contribution in [0.5, 0.6) is 0 Å². The van der Waals surface area contributed by atoms with Crippen LogP contribution >= 0.6 is 0 Å². The molecular weight excluding hydrogens is 154 g/mol. The van der Waals surface area contributed by atoms with Crippen molar-refractivity contribution in [3.8, 4) is 0 Å². The van der Waals surface area contributed by atoms with E-state index in [-0.39, 0.29) is 18.1 Å². The number of hydrogen-bond donors (Lipinski definition) is 0. The van der Waals surface area contributed by atoms with Crippen molar-refractivity contribution < 1.29 is 9.63 Å². The lowest BCUT2D eigenvalue weighted by Crippen LogP contribution is -2.35. The lowest BCUT2D eigenvalue weighted by atomic mass is 10.1. The van der Waals surface area contributed by atoms with E-state index in [9.17, 15) is 4.79 Å². The van der Waals surface area contributed by atoms with E-state index in [1.807, 2.05) is 12.2 Å². The zero-order chi connectivity index (χ0) is 8.55. The number of hydrogen-bond acceptors (Lipinski definition) is 2. The van der Waals surface area contributed by atoms with E-state index < -0.39 is 0 Å². The molecule has 64 valence electrons. The van der Waals surface area contributed by atoms with Gasteiger partial charge in [0.1, 0.15) is 6.10 Å². The molecule has 0 aliphatic carbocycles. The molecule has 1 fully saturated rings. The average Bonchev–Trinajstić information content (AvgIpc) is 2.49. The molecule has 2 aliphatic heterocycles. The fourth-order valence-corrected chi connectivity index (χ4v) is 1.56. The normalized spacial score (nSPS) is 33.7. The number of amides is 1. The summed E-state index contributed by atoms with van der Waals surface area (Å²) in [6.07, 6.45) is 6.95. The molecule has 0 radical (unpaired) electrons. The van der Waals surface area contributed by atoms with E-state index in [0.717, 1.165) is 6.42 Å². The second-order valence-electron chi connectivity index (χ2n) is 3.03. The zero-order valence-corrected chi connectivity index (χ0v) is 6.77. The number of carbonyl (C=O) groups is 1. The quantitative estimate of drug-likeness (QED) is 0.543. The van der Waals surface area contributed by atoms with E-state index in [1.165, 1.54) is 5.06 Å². The maximum Gasteiger partial charge on any atom is 0.250 e. The summed E-state index contributed by atoms with van der Waals surface area (Å²) in [5, 5.41) is 1.46. The SMILES string of the molecule is C=C[C@@H]1C[C@@H]2C=CCC(=O)N2O1. The molecule has 1 saturated heterocycles. The molecule has 3 heteroatoms. The predicted molar refractivity (Wildman–Crippen MR) is 44.1 cm³/mol. The number of nitrogens with zero attached hydrogens (tertiary/aromatic N) is 1. The Morgan fingerprint density at radius 3 is 3.25 bits per heavy atom. The number of hydroxylamine groups is 2. The largest absolute Gasteiger partial charge is 0.272 e. The van der Waals surface area contributed by atoms with Gasteiger partial charge in [0.2, 0.25) is 0 Å². The summed E-state index contributed by atoms with van der Waals surface area (Å²) < 4.78 is 0. The lowest BCUT2D eigenvalue weighted by molar-refractivity contribution is -0.180. The van der Waals surface area contributed by atoms with Crippen molar-refractivity contribution in [3.63, 3.8) is 0 Å². The fraction of sp³-hybridized carbons (Fsp3) is 0.444. The molecule has 0 bridgehead atoms.